The van der Waals surface area contributed by atoms with Crippen molar-refractivity contribution in [2.75, 3.05) is 0 Å². The molecule has 7 heteroatoms. The first-order chi connectivity index (χ1) is 12.0. The number of hydrogen-bond acceptors (Lipinski definition) is 3. The van der Waals surface area contributed by atoms with Gasteiger partial charge in [0.25, 0.3) is 5.91 Å². The molecule has 0 unspecified atom stereocenters. The van der Waals surface area contributed by atoms with Crippen LogP contribution in [0, 0.1) is 11.6 Å². The Bertz CT molecular complexity index is 755. The summed E-state index contributed by atoms with van der Waals surface area (Å²) in [5.74, 6) is -2.04. The molecular weight excluding hydrogens is 328 g/mol. The third kappa shape index (κ3) is 3.42. The van der Waals surface area contributed by atoms with Crippen molar-refractivity contribution in [3.05, 3.63) is 52.9 Å². The molecule has 0 radical (unpaired) electrons. The first-order valence-electron chi connectivity index (χ1n) is 8.50. The summed E-state index contributed by atoms with van der Waals surface area (Å²) in [5, 5.41) is 17.3. The summed E-state index contributed by atoms with van der Waals surface area (Å²) in [7, 11) is 0. The fraction of sp³-hybridized carbons (Fsp3) is 0.444. The molecule has 1 aliphatic heterocycles. The minimum atomic E-state index is -1.47. The van der Waals surface area contributed by atoms with E-state index >= 15 is 0 Å². The van der Waals surface area contributed by atoms with Gasteiger partial charge in [0.2, 0.25) is 0 Å². The minimum Gasteiger partial charge on any atom is -0.386 e. The zero-order valence-corrected chi connectivity index (χ0v) is 14.0. The number of aryl methyl sites for hydroxylation is 1. The van der Waals surface area contributed by atoms with Gasteiger partial charge in [-0.15, -0.1) is 0 Å². The molecule has 2 atom stereocenters. The number of halogens is 2. The smallest absolute Gasteiger partial charge is 0.255 e. The van der Waals surface area contributed by atoms with Crippen LogP contribution >= 0.6 is 0 Å². The number of carbonyl (C=O) groups is 1. The molecule has 3 rings (SSSR count). The van der Waals surface area contributed by atoms with E-state index in [-0.39, 0.29) is 5.91 Å². The summed E-state index contributed by atoms with van der Waals surface area (Å²) in [6.45, 7) is 2.52. The number of nitrogens with zero attached hydrogens (tertiary/aromatic N) is 2. The van der Waals surface area contributed by atoms with Crippen molar-refractivity contribution >= 4 is 5.91 Å². The number of aliphatic hydroxyl groups excluding tert-OH is 1. The molecular formula is C18H21F2N3O2. The normalized spacial score (nSPS) is 16.2. The molecule has 1 amide bonds. The Morgan fingerprint density at radius 1 is 1.36 bits per heavy atom. The van der Waals surface area contributed by atoms with Gasteiger partial charge in [-0.2, -0.15) is 5.10 Å². The first kappa shape index (κ1) is 17.5. The lowest BCUT2D eigenvalue weighted by atomic mass is 9.98. The summed E-state index contributed by atoms with van der Waals surface area (Å²) in [6.07, 6.45) is 3.15. The van der Waals surface area contributed by atoms with Gasteiger partial charge in [-0.3, -0.25) is 9.48 Å². The van der Waals surface area contributed by atoms with E-state index in [1.807, 2.05) is 4.68 Å². The molecule has 1 aromatic heterocycles. The van der Waals surface area contributed by atoms with Crippen LogP contribution in [-0.2, 0) is 13.0 Å². The Hall–Kier alpha value is -2.28. The van der Waals surface area contributed by atoms with Gasteiger partial charge in [0.05, 0.1) is 29.1 Å². The molecule has 2 N–H and O–H groups in total. The first-order valence-corrected chi connectivity index (χ1v) is 8.50. The highest BCUT2D eigenvalue weighted by Gasteiger charge is 2.28. The molecule has 134 valence electrons. The minimum absolute atomic E-state index is 0.324. The van der Waals surface area contributed by atoms with Crippen LogP contribution in [-0.4, -0.2) is 26.8 Å². The van der Waals surface area contributed by atoms with Crippen LogP contribution in [0.2, 0.25) is 0 Å². The van der Waals surface area contributed by atoms with E-state index < -0.39 is 29.3 Å². The molecule has 0 aliphatic carbocycles. The third-order valence-electron chi connectivity index (χ3n) is 4.66. The van der Waals surface area contributed by atoms with Crippen LogP contribution in [0.4, 0.5) is 8.78 Å². The van der Waals surface area contributed by atoms with E-state index in [1.54, 1.807) is 6.92 Å². The van der Waals surface area contributed by atoms with Gasteiger partial charge in [-0.1, -0.05) is 13.0 Å². The Balaban J connectivity index is 1.80. The number of aliphatic hydroxyl groups is 1. The van der Waals surface area contributed by atoms with Gasteiger partial charge < -0.3 is 10.4 Å². The van der Waals surface area contributed by atoms with Gasteiger partial charge in [0.1, 0.15) is 17.7 Å². The lowest BCUT2D eigenvalue weighted by Gasteiger charge is -2.24. The lowest BCUT2D eigenvalue weighted by Crippen LogP contribution is -2.39. The van der Waals surface area contributed by atoms with Crippen molar-refractivity contribution in [3.63, 3.8) is 0 Å². The predicted molar refractivity (Wildman–Crippen MR) is 88.0 cm³/mol. The number of amides is 1. The second-order valence-corrected chi connectivity index (χ2v) is 6.25. The van der Waals surface area contributed by atoms with Gasteiger partial charge in [-0.05, 0) is 37.8 Å². The zero-order chi connectivity index (χ0) is 18.0. The summed E-state index contributed by atoms with van der Waals surface area (Å²) >= 11 is 0. The lowest BCUT2D eigenvalue weighted by molar-refractivity contribution is 0.0809. The summed E-state index contributed by atoms with van der Waals surface area (Å²) in [6, 6.07) is 2.60. The topological polar surface area (TPSA) is 67.2 Å². The average molecular weight is 349 g/mol. The summed E-state index contributed by atoms with van der Waals surface area (Å²) in [5.41, 5.74) is 0.899. The fourth-order valence-corrected chi connectivity index (χ4v) is 3.26. The zero-order valence-electron chi connectivity index (χ0n) is 14.0. The number of hydrogen-bond donors (Lipinski definition) is 2. The molecule has 0 bridgehead atoms. The molecule has 25 heavy (non-hydrogen) atoms. The maximum absolute atomic E-state index is 13.9. The number of aromatic nitrogens is 2. The predicted octanol–water partition coefficient (Wildman–Crippen LogP) is 2.74. The number of nitrogens with one attached hydrogen (secondary N) is 1. The second-order valence-electron chi connectivity index (χ2n) is 6.25. The van der Waals surface area contributed by atoms with Crippen LogP contribution in [0.1, 0.15) is 53.9 Å². The summed E-state index contributed by atoms with van der Waals surface area (Å²) in [4.78, 5) is 12.6. The van der Waals surface area contributed by atoms with Gasteiger partial charge in [0.15, 0.2) is 0 Å². The Kier molecular flexibility index (Phi) is 5.13. The molecule has 0 fully saturated rings. The molecule has 1 aliphatic rings. The maximum atomic E-state index is 13.9. The van der Waals surface area contributed by atoms with Crippen molar-refractivity contribution in [1.82, 2.24) is 15.1 Å². The molecule has 0 saturated carbocycles. The molecule has 0 saturated heterocycles. The molecule has 0 spiro atoms. The van der Waals surface area contributed by atoms with E-state index in [0.717, 1.165) is 43.6 Å². The average Bonchev–Trinajstić information content (AvgIpc) is 3.03. The number of fused-ring (bicyclic) bond motifs is 1. The van der Waals surface area contributed by atoms with Crippen LogP contribution in [0.3, 0.4) is 0 Å². The van der Waals surface area contributed by atoms with Gasteiger partial charge >= 0.3 is 0 Å². The second kappa shape index (κ2) is 7.31. The molecule has 1 aromatic carbocycles. The van der Waals surface area contributed by atoms with Crippen LogP contribution in [0.15, 0.2) is 24.4 Å². The van der Waals surface area contributed by atoms with E-state index in [9.17, 15) is 18.7 Å². The molecule has 5 nitrogen and oxygen atoms in total. The Morgan fingerprint density at radius 2 is 2.08 bits per heavy atom. The largest absolute Gasteiger partial charge is 0.386 e. The Labute approximate surface area is 144 Å². The molecule has 2 heterocycles. The quantitative estimate of drug-likeness (QED) is 0.872. The number of benzene rings is 1. The van der Waals surface area contributed by atoms with E-state index in [1.165, 1.54) is 12.3 Å². The van der Waals surface area contributed by atoms with Crippen molar-refractivity contribution in [1.29, 1.82) is 0 Å². The monoisotopic (exact) mass is 349 g/mol. The number of rotatable bonds is 5. The number of carbonyl (C=O) groups excluding carboxylic acids is 1. The highest BCUT2D eigenvalue weighted by molar-refractivity contribution is 5.95. The summed E-state index contributed by atoms with van der Waals surface area (Å²) < 4.78 is 29.6. The van der Waals surface area contributed by atoms with Crippen molar-refractivity contribution in [3.8, 4) is 0 Å². The van der Waals surface area contributed by atoms with Crippen molar-refractivity contribution in [2.45, 2.75) is 51.3 Å². The van der Waals surface area contributed by atoms with E-state index in [4.69, 9.17) is 0 Å². The van der Waals surface area contributed by atoms with Crippen LogP contribution in [0.5, 0.6) is 0 Å². The van der Waals surface area contributed by atoms with Crippen molar-refractivity contribution in [2.24, 2.45) is 0 Å². The molecule has 2 aromatic rings. The fourth-order valence-electron chi connectivity index (χ4n) is 3.26. The van der Waals surface area contributed by atoms with Crippen LogP contribution < -0.4 is 5.32 Å². The standard InChI is InChI=1S/C18H21F2N3O2/c1-2-14(17(24)16-12(19)6-5-7-13(16)20)22-18(25)11-10-21-23-9-4-3-8-15(11)23/h5-7,10,14,17,24H,2-4,8-9H2,1H3,(H,22,25)/t14-,17-/m1/s1. The van der Waals surface area contributed by atoms with E-state index in [0.29, 0.717) is 12.0 Å². The van der Waals surface area contributed by atoms with Gasteiger partial charge in [-0.25, -0.2) is 8.78 Å². The highest BCUT2D eigenvalue weighted by Crippen LogP contribution is 2.25. The van der Waals surface area contributed by atoms with E-state index in [2.05, 4.69) is 10.4 Å². The van der Waals surface area contributed by atoms with Gasteiger partial charge in [0, 0.05) is 6.54 Å². The SMILES string of the molecule is CC[C@@H](NC(=O)c1cnn2c1CCCC2)[C@@H](O)c1c(F)cccc1F. The Morgan fingerprint density at radius 3 is 2.76 bits per heavy atom. The maximum Gasteiger partial charge on any atom is 0.255 e. The van der Waals surface area contributed by atoms with Crippen molar-refractivity contribution < 1.29 is 18.7 Å². The highest BCUT2D eigenvalue weighted by atomic mass is 19.1. The third-order valence-corrected chi connectivity index (χ3v) is 4.66. The van der Waals surface area contributed by atoms with Crippen LogP contribution in [0.25, 0.3) is 0 Å².